The summed E-state index contributed by atoms with van der Waals surface area (Å²) in [6.07, 6.45) is -6.97. The first-order valence-electron chi connectivity index (χ1n) is 6.08. The minimum absolute atomic E-state index is 0.0110. The van der Waals surface area contributed by atoms with Gasteiger partial charge in [0.1, 0.15) is 12.5 Å². The number of carbonyl (C=O) groups is 1. The number of hydrogen-bond donors (Lipinski definition) is 1. The molecule has 1 aliphatic rings. The van der Waals surface area contributed by atoms with Gasteiger partial charge in [0.25, 0.3) is 0 Å². The van der Waals surface area contributed by atoms with E-state index in [2.05, 4.69) is 0 Å². The maximum atomic E-state index is 12.6. The fraction of sp³-hybridized carbons (Fsp3) is 0.462. The molecule has 1 saturated heterocycles. The second-order valence-electron chi connectivity index (χ2n) is 4.66. The highest BCUT2D eigenvalue weighted by molar-refractivity contribution is 5.68. The maximum absolute atomic E-state index is 12.6. The van der Waals surface area contributed by atoms with Gasteiger partial charge in [0.2, 0.25) is 0 Å². The molecular weight excluding hydrogens is 275 g/mol. The lowest BCUT2D eigenvalue weighted by Crippen LogP contribution is -2.33. The Bertz CT molecular complexity index is 464. The van der Waals surface area contributed by atoms with E-state index in [1.807, 2.05) is 0 Å². The number of β-amino-alcohol motifs (C(OH)–C–C–N with tert-alkyl or cyclic N) is 1. The van der Waals surface area contributed by atoms with Crippen LogP contribution >= 0.6 is 0 Å². The van der Waals surface area contributed by atoms with Crippen molar-refractivity contribution < 1.29 is 27.8 Å². The summed E-state index contributed by atoms with van der Waals surface area (Å²) in [7, 11) is 0. The summed E-state index contributed by atoms with van der Waals surface area (Å²) in [5.74, 6) is -1.91. The number of aliphatic hydroxyl groups is 1. The Kier molecular flexibility index (Phi) is 4.17. The zero-order valence-corrected chi connectivity index (χ0v) is 10.5. The Morgan fingerprint density at radius 3 is 2.50 bits per heavy atom. The summed E-state index contributed by atoms with van der Waals surface area (Å²) >= 11 is 0. The lowest BCUT2D eigenvalue weighted by Gasteiger charge is -2.17. The van der Waals surface area contributed by atoms with Crippen LogP contribution in [0.5, 0.6) is 0 Å². The monoisotopic (exact) mass is 289 g/mol. The van der Waals surface area contributed by atoms with E-state index in [0.717, 1.165) is 10.5 Å². The molecule has 1 aromatic carbocycles. The second-order valence-corrected chi connectivity index (χ2v) is 4.66. The second kappa shape index (κ2) is 5.70. The van der Waals surface area contributed by atoms with Gasteiger partial charge in [-0.2, -0.15) is 13.2 Å². The fourth-order valence-electron chi connectivity index (χ4n) is 2.07. The van der Waals surface area contributed by atoms with Crippen LogP contribution in [0.15, 0.2) is 30.3 Å². The van der Waals surface area contributed by atoms with Gasteiger partial charge in [-0.25, -0.2) is 4.79 Å². The number of nitrogens with zero attached hydrogens (tertiary/aromatic N) is 1. The molecule has 4 nitrogen and oxygen atoms in total. The minimum Gasteiger partial charge on any atom is -0.445 e. The van der Waals surface area contributed by atoms with Crippen LogP contribution in [0, 0.1) is 5.92 Å². The summed E-state index contributed by atoms with van der Waals surface area (Å²) in [6.45, 7) is -0.945. The third kappa shape index (κ3) is 3.41. The van der Waals surface area contributed by atoms with E-state index >= 15 is 0 Å². The molecule has 2 rings (SSSR count). The summed E-state index contributed by atoms with van der Waals surface area (Å²) in [6, 6.07) is 8.82. The van der Waals surface area contributed by atoms with Crippen molar-refractivity contribution in [3.8, 4) is 0 Å². The topological polar surface area (TPSA) is 49.8 Å². The summed E-state index contributed by atoms with van der Waals surface area (Å²) < 4.78 is 42.6. The number of aliphatic hydroxyl groups excluding tert-OH is 1. The molecule has 0 spiro atoms. The van der Waals surface area contributed by atoms with Crippen LogP contribution in [-0.4, -0.2) is 41.5 Å². The van der Waals surface area contributed by atoms with Crippen molar-refractivity contribution in [1.82, 2.24) is 4.90 Å². The highest BCUT2D eigenvalue weighted by Crippen LogP contribution is 2.34. The van der Waals surface area contributed by atoms with Gasteiger partial charge < -0.3 is 14.7 Å². The first-order valence-corrected chi connectivity index (χ1v) is 6.08. The minimum atomic E-state index is -4.52. The molecule has 0 saturated carbocycles. The zero-order chi connectivity index (χ0) is 14.8. The van der Waals surface area contributed by atoms with Gasteiger partial charge in [0.05, 0.1) is 12.6 Å². The van der Waals surface area contributed by atoms with Crippen molar-refractivity contribution in [2.75, 3.05) is 13.1 Å². The third-order valence-electron chi connectivity index (χ3n) is 3.17. The van der Waals surface area contributed by atoms with Gasteiger partial charge >= 0.3 is 12.3 Å². The van der Waals surface area contributed by atoms with Crippen LogP contribution in [0.1, 0.15) is 5.56 Å². The molecular formula is C13H14F3NO3. The van der Waals surface area contributed by atoms with Gasteiger partial charge in [0.15, 0.2) is 0 Å². The van der Waals surface area contributed by atoms with Crippen LogP contribution in [0.25, 0.3) is 0 Å². The molecule has 0 bridgehead atoms. The number of hydrogen-bond acceptors (Lipinski definition) is 3. The van der Waals surface area contributed by atoms with E-state index in [4.69, 9.17) is 4.74 Å². The van der Waals surface area contributed by atoms with Crippen molar-refractivity contribution in [3.05, 3.63) is 35.9 Å². The van der Waals surface area contributed by atoms with Gasteiger partial charge in [-0.1, -0.05) is 30.3 Å². The lowest BCUT2D eigenvalue weighted by molar-refractivity contribution is -0.188. The maximum Gasteiger partial charge on any atom is 0.410 e. The number of ether oxygens (including phenoxy) is 1. The van der Waals surface area contributed by atoms with Crippen molar-refractivity contribution in [3.63, 3.8) is 0 Å². The highest BCUT2D eigenvalue weighted by atomic mass is 19.4. The molecule has 0 radical (unpaired) electrons. The van der Waals surface area contributed by atoms with E-state index < -0.39 is 30.8 Å². The molecule has 0 aromatic heterocycles. The lowest BCUT2D eigenvalue weighted by atomic mass is 10.1. The molecule has 2 atom stereocenters. The smallest absolute Gasteiger partial charge is 0.410 e. The molecule has 1 aliphatic heterocycles. The number of carbonyl (C=O) groups excluding carboxylic acids is 1. The molecule has 110 valence electrons. The SMILES string of the molecule is O=C(OCc1ccccc1)N1C[C@@H](O)[C@H](C(F)(F)F)C1. The van der Waals surface area contributed by atoms with Crippen molar-refractivity contribution in [1.29, 1.82) is 0 Å². The molecule has 1 heterocycles. The largest absolute Gasteiger partial charge is 0.445 e. The first kappa shape index (κ1) is 14.6. The summed E-state index contributed by atoms with van der Waals surface area (Å²) in [5.41, 5.74) is 0.743. The number of halogens is 3. The number of rotatable bonds is 2. The van der Waals surface area contributed by atoms with Crippen molar-refractivity contribution in [2.45, 2.75) is 18.9 Å². The quantitative estimate of drug-likeness (QED) is 0.908. The average Bonchev–Trinajstić information content (AvgIpc) is 2.79. The Labute approximate surface area is 113 Å². The Morgan fingerprint density at radius 1 is 1.30 bits per heavy atom. The first-order chi connectivity index (χ1) is 9.38. The van der Waals surface area contributed by atoms with Crippen LogP contribution in [0.2, 0.25) is 0 Å². The number of likely N-dealkylation sites (tertiary alicyclic amines) is 1. The van der Waals surface area contributed by atoms with Crippen LogP contribution in [-0.2, 0) is 11.3 Å². The summed E-state index contributed by atoms with van der Waals surface area (Å²) in [5, 5.41) is 9.36. The van der Waals surface area contributed by atoms with E-state index in [1.54, 1.807) is 30.3 Å². The molecule has 1 aromatic rings. The molecule has 1 N–H and O–H groups in total. The Morgan fingerprint density at radius 2 is 1.95 bits per heavy atom. The molecule has 1 amide bonds. The number of amides is 1. The molecule has 0 aliphatic carbocycles. The fourth-order valence-corrected chi connectivity index (χ4v) is 2.07. The van der Waals surface area contributed by atoms with Crippen molar-refractivity contribution in [2.24, 2.45) is 5.92 Å². The van der Waals surface area contributed by atoms with Gasteiger partial charge in [0, 0.05) is 6.54 Å². The van der Waals surface area contributed by atoms with Crippen LogP contribution in [0.4, 0.5) is 18.0 Å². The van der Waals surface area contributed by atoms with E-state index in [1.165, 1.54) is 0 Å². The van der Waals surface area contributed by atoms with E-state index in [0.29, 0.717) is 0 Å². The molecule has 7 heteroatoms. The van der Waals surface area contributed by atoms with Crippen LogP contribution in [0.3, 0.4) is 0 Å². The normalized spacial score (nSPS) is 22.9. The Hall–Kier alpha value is -1.76. The number of benzene rings is 1. The van der Waals surface area contributed by atoms with Crippen LogP contribution < -0.4 is 0 Å². The number of alkyl halides is 3. The zero-order valence-electron chi connectivity index (χ0n) is 10.5. The van der Waals surface area contributed by atoms with E-state index in [9.17, 15) is 23.1 Å². The van der Waals surface area contributed by atoms with Gasteiger partial charge in [-0.05, 0) is 5.56 Å². The summed E-state index contributed by atoms with van der Waals surface area (Å²) in [4.78, 5) is 12.5. The van der Waals surface area contributed by atoms with E-state index in [-0.39, 0.29) is 13.2 Å². The molecule has 1 fully saturated rings. The molecule has 20 heavy (non-hydrogen) atoms. The average molecular weight is 289 g/mol. The predicted molar refractivity (Wildman–Crippen MR) is 63.8 cm³/mol. The molecule has 0 unspecified atom stereocenters. The van der Waals surface area contributed by atoms with Gasteiger partial charge in [-0.3, -0.25) is 0 Å². The predicted octanol–water partition coefficient (Wildman–Crippen LogP) is 2.18. The Balaban J connectivity index is 1.88. The van der Waals surface area contributed by atoms with Gasteiger partial charge in [-0.15, -0.1) is 0 Å². The standard InChI is InChI=1S/C13H14F3NO3/c14-13(15,16)10-6-17(7-11(10)18)12(19)20-8-9-4-2-1-3-5-9/h1-5,10-11,18H,6-8H2/t10-,11-/m1/s1. The highest BCUT2D eigenvalue weighted by Gasteiger charge is 2.50. The van der Waals surface area contributed by atoms with Crippen molar-refractivity contribution >= 4 is 6.09 Å². The third-order valence-corrected chi connectivity index (χ3v) is 3.17.